The van der Waals surface area contributed by atoms with Gasteiger partial charge in [-0.2, -0.15) is 0 Å². The van der Waals surface area contributed by atoms with Crippen molar-refractivity contribution in [3.63, 3.8) is 0 Å². The van der Waals surface area contributed by atoms with Crippen LogP contribution in [0.2, 0.25) is 0 Å². The van der Waals surface area contributed by atoms with Gasteiger partial charge in [0.2, 0.25) is 5.91 Å². The predicted octanol–water partition coefficient (Wildman–Crippen LogP) is 1.59. The summed E-state index contributed by atoms with van der Waals surface area (Å²) in [5.74, 6) is 0.936. The van der Waals surface area contributed by atoms with Crippen LogP contribution in [0, 0.1) is 0 Å². The van der Waals surface area contributed by atoms with Crippen molar-refractivity contribution in [1.29, 1.82) is 0 Å². The average Bonchev–Trinajstić information content (AvgIpc) is 2.73. The van der Waals surface area contributed by atoms with Gasteiger partial charge in [-0.3, -0.25) is 19.6 Å². The van der Waals surface area contributed by atoms with Crippen LogP contribution in [0.25, 0.3) is 11.5 Å². The molecule has 2 aromatic heterocycles. The van der Waals surface area contributed by atoms with E-state index in [9.17, 15) is 4.79 Å². The van der Waals surface area contributed by atoms with Crippen LogP contribution in [-0.4, -0.2) is 80.9 Å². The first-order valence-corrected chi connectivity index (χ1v) is 10.8. The highest BCUT2D eigenvalue weighted by Crippen LogP contribution is 2.25. The summed E-state index contributed by atoms with van der Waals surface area (Å²) in [6, 6.07) is 6.55. The Morgan fingerprint density at radius 1 is 1.07 bits per heavy atom. The second-order valence-electron chi connectivity index (χ2n) is 8.34. The third-order valence-corrected chi connectivity index (χ3v) is 6.52. The van der Waals surface area contributed by atoms with Crippen molar-refractivity contribution in [2.75, 3.05) is 39.3 Å². The molecule has 0 atom stereocenters. The van der Waals surface area contributed by atoms with E-state index in [1.807, 2.05) is 29.3 Å². The lowest BCUT2D eigenvalue weighted by Gasteiger charge is -2.43. The molecule has 1 saturated carbocycles. The number of fused-ring (bicyclic) bond motifs is 1. The van der Waals surface area contributed by atoms with Gasteiger partial charge in [-0.25, -0.2) is 9.97 Å². The van der Waals surface area contributed by atoms with E-state index in [0.717, 1.165) is 68.7 Å². The normalized spacial score (nSPS) is 20.9. The van der Waals surface area contributed by atoms with Crippen molar-refractivity contribution in [2.24, 2.45) is 0 Å². The van der Waals surface area contributed by atoms with Gasteiger partial charge in [0.25, 0.3) is 0 Å². The predicted molar refractivity (Wildman–Crippen MR) is 110 cm³/mol. The van der Waals surface area contributed by atoms with E-state index in [-0.39, 0.29) is 5.91 Å². The molecule has 4 heterocycles. The van der Waals surface area contributed by atoms with Crippen molar-refractivity contribution in [2.45, 2.75) is 38.3 Å². The number of hydrogen-bond acceptors (Lipinski definition) is 6. The lowest BCUT2D eigenvalue weighted by molar-refractivity contribution is -0.135. The highest BCUT2D eigenvalue weighted by Gasteiger charge is 2.30. The molecule has 7 nitrogen and oxygen atoms in total. The first-order valence-electron chi connectivity index (χ1n) is 10.8. The monoisotopic (exact) mass is 392 g/mol. The van der Waals surface area contributed by atoms with Crippen LogP contribution in [0.15, 0.2) is 30.6 Å². The highest BCUT2D eigenvalue weighted by molar-refractivity contribution is 5.78. The fraction of sp³-hybridized carbons (Fsp3) is 0.545. The molecule has 7 heteroatoms. The van der Waals surface area contributed by atoms with E-state index in [1.165, 1.54) is 19.3 Å². The fourth-order valence-corrected chi connectivity index (χ4v) is 4.51. The van der Waals surface area contributed by atoms with Gasteiger partial charge in [0, 0.05) is 69.7 Å². The zero-order valence-electron chi connectivity index (χ0n) is 16.8. The second-order valence-corrected chi connectivity index (χ2v) is 8.34. The third-order valence-electron chi connectivity index (χ3n) is 6.52. The van der Waals surface area contributed by atoms with Gasteiger partial charge in [-0.15, -0.1) is 0 Å². The second kappa shape index (κ2) is 8.16. The molecule has 0 bridgehead atoms. The van der Waals surface area contributed by atoms with Crippen LogP contribution in [0.5, 0.6) is 0 Å². The van der Waals surface area contributed by atoms with Crippen LogP contribution in [0.4, 0.5) is 0 Å². The molecule has 1 amide bonds. The summed E-state index contributed by atoms with van der Waals surface area (Å²) >= 11 is 0. The molecule has 0 unspecified atom stereocenters. The van der Waals surface area contributed by atoms with Gasteiger partial charge in [0.15, 0.2) is 5.82 Å². The molecule has 0 spiro atoms. The molecule has 2 fully saturated rings. The highest BCUT2D eigenvalue weighted by atomic mass is 16.2. The summed E-state index contributed by atoms with van der Waals surface area (Å²) < 4.78 is 0. The average molecular weight is 393 g/mol. The van der Waals surface area contributed by atoms with Gasteiger partial charge in [0.05, 0.1) is 12.2 Å². The summed E-state index contributed by atoms with van der Waals surface area (Å²) in [6.07, 6.45) is 8.56. The van der Waals surface area contributed by atoms with Crippen LogP contribution in [0.1, 0.15) is 30.5 Å². The number of hydrogen-bond donors (Lipinski definition) is 0. The zero-order valence-corrected chi connectivity index (χ0v) is 16.8. The summed E-state index contributed by atoms with van der Waals surface area (Å²) in [5, 5.41) is 0. The maximum atomic E-state index is 12.8. The number of carbonyl (C=O) groups excluding carboxylic acids is 1. The Hall–Kier alpha value is -2.38. The number of nitrogens with zero attached hydrogens (tertiary/aromatic N) is 6. The maximum Gasteiger partial charge on any atom is 0.236 e. The zero-order chi connectivity index (χ0) is 19.6. The molecule has 2 aromatic rings. The van der Waals surface area contributed by atoms with Crippen LogP contribution in [0.3, 0.4) is 0 Å². The largest absolute Gasteiger partial charge is 0.339 e. The number of aromatic nitrogens is 3. The smallest absolute Gasteiger partial charge is 0.236 e. The van der Waals surface area contributed by atoms with E-state index in [2.05, 4.69) is 19.8 Å². The number of carbonyl (C=O) groups is 1. The van der Waals surface area contributed by atoms with Crippen molar-refractivity contribution >= 4 is 5.91 Å². The summed E-state index contributed by atoms with van der Waals surface area (Å²) in [5.41, 5.74) is 3.01. The number of rotatable bonds is 4. The van der Waals surface area contributed by atoms with E-state index in [0.29, 0.717) is 12.4 Å². The summed E-state index contributed by atoms with van der Waals surface area (Å²) in [7, 11) is 0. The molecule has 3 aliphatic rings. The molecule has 2 aliphatic heterocycles. The van der Waals surface area contributed by atoms with Gasteiger partial charge >= 0.3 is 0 Å². The molecule has 152 valence electrons. The third kappa shape index (κ3) is 4.02. The quantitative estimate of drug-likeness (QED) is 0.787. The topological polar surface area (TPSA) is 65.5 Å². The van der Waals surface area contributed by atoms with E-state index < -0.39 is 0 Å². The summed E-state index contributed by atoms with van der Waals surface area (Å²) in [6.45, 7) is 5.90. The molecule has 0 aromatic carbocycles. The Kier molecular flexibility index (Phi) is 5.24. The minimum Gasteiger partial charge on any atom is -0.339 e. The standard InChI is InChI=1S/C22H28N6O/c29-21(28-12-10-27(11-13-28)18-4-3-5-18)16-26-9-7-19-17(15-26)14-24-22(25-19)20-6-1-2-8-23-20/h1-2,6,8,14,18H,3-5,7,9-13,15-16H2. The fourth-order valence-electron chi connectivity index (χ4n) is 4.51. The molecular formula is C22H28N6O. The van der Waals surface area contributed by atoms with Gasteiger partial charge < -0.3 is 4.90 Å². The number of pyridine rings is 1. The molecule has 0 N–H and O–H groups in total. The Labute approximate surface area is 171 Å². The molecular weight excluding hydrogens is 364 g/mol. The van der Waals surface area contributed by atoms with Crippen LogP contribution < -0.4 is 0 Å². The Morgan fingerprint density at radius 3 is 2.66 bits per heavy atom. The van der Waals surface area contributed by atoms with Gasteiger partial charge in [-0.1, -0.05) is 12.5 Å². The van der Waals surface area contributed by atoms with E-state index in [4.69, 9.17) is 4.98 Å². The Balaban J connectivity index is 1.16. The first kappa shape index (κ1) is 18.6. The van der Waals surface area contributed by atoms with Crippen molar-refractivity contribution in [1.82, 2.24) is 29.7 Å². The molecule has 1 saturated heterocycles. The lowest BCUT2D eigenvalue weighted by atomic mass is 9.91. The molecule has 0 radical (unpaired) electrons. The number of amides is 1. The molecule has 5 rings (SSSR count). The Morgan fingerprint density at radius 2 is 1.93 bits per heavy atom. The molecule has 29 heavy (non-hydrogen) atoms. The van der Waals surface area contributed by atoms with Crippen LogP contribution >= 0.6 is 0 Å². The maximum absolute atomic E-state index is 12.8. The number of piperazine rings is 1. The van der Waals surface area contributed by atoms with Crippen molar-refractivity contribution < 1.29 is 4.79 Å². The van der Waals surface area contributed by atoms with Gasteiger partial charge in [-0.05, 0) is 25.0 Å². The van der Waals surface area contributed by atoms with Crippen LogP contribution in [-0.2, 0) is 17.8 Å². The molecule has 1 aliphatic carbocycles. The van der Waals surface area contributed by atoms with Crippen molar-refractivity contribution in [3.05, 3.63) is 41.9 Å². The summed E-state index contributed by atoms with van der Waals surface area (Å²) in [4.78, 5) is 33.2. The van der Waals surface area contributed by atoms with E-state index >= 15 is 0 Å². The van der Waals surface area contributed by atoms with Crippen molar-refractivity contribution in [3.8, 4) is 11.5 Å². The Bertz CT molecular complexity index is 861. The van der Waals surface area contributed by atoms with E-state index in [1.54, 1.807) is 6.20 Å². The first-order chi connectivity index (χ1) is 14.3. The SMILES string of the molecule is O=C(CN1CCc2nc(-c3ccccn3)ncc2C1)N1CCN(C2CCC2)CC1. The lowest BCUT2D eigenvalue weighted by Crippen LogP contribution is -2.55. The van der Waals surface area contributed by atoms with Gasteiger partial charge in [0.1, 0.15) is 5.69 Å². The minimum atomic E-state index is 0.257. The minimum absolute atomic E-state index is 0.257.